The van der Waals surface area contributed by atoms with Gasteiger partial charge in [-0.25, -0.2) is 39.1 Å². The quantitative estimate of drug-likeness (QED) is 0.0242. The number of fused-ring (bicyclic) bond motifs is 2. The number of aryl methyl sites for hydroxylation is 4. The van der Waals surface area contributed by atoms with Gasteiger partial charge in [-0.2, -0.15) is 15.0 Å². The average Bonchev–Trinajstić information content (AvgIpc) is 1.64. The zero-order chi connectivity index (χ0) is 90.1. The summed E-state index contributed by atoms with van der Waals surface area (Å²) in [5, 5.41) is 0. The van der Waals surface area contributed by atoms with Crippen LogP contribution in [-0.4, -0.2) is 220 Å². The van der Waals surface area contributed by atoms with E-state index in [1.165, 1.54) is 62.2 Å². The highest BCUT2D eigenvalue weighted by Crippen LogP contribution is 2.58. The molecule has 0 spiro atoms. The van der Waals surface area contributed by atoms with Gasteiger partial charge in [-0.1, -0.05) is 6.92 Å². The Morgan fingerprint density at radius 3 is 1.06 bits per heavy atom. The summed E-state index contributed by atoms with van der Waals surface area (Å²) in [5.74, 6) is -0.301. The number of ether oxygens (including phenoxy) is 6. The molecule has 14 heterocycles. The number of aromatic nitrogens is 16. The Morgan fingerprint density at radius 2 is 0.704 bits per heavy atom. The largest absolute Gasteiger partial charge is 0.383 e. The molecule has 8 aromatic heterocycles. The van der Waals surface area contributed by atoms with Gasteiger partial charge < -0.3 is 135 Å². The summed E-state index contributed by atoms with van der Waals surface area (Å²) in [6, 6.07) is 0. The molecular formula is C62H84N20O31P6S6. The number of aromatic amines is 3. The number of nitrogen functional groups attached to an aromatic ring is 4. The van der Waals surface area contributed by atoms with Crippen molar-refractivity contribution in [2.24, 2.45) is 0 Å². The molecule has 6 aliphatic rings. The van der Waals surface area contributed by atoms with E-state index in [1.807, 2.05) is 6.92 Å². The maximum Gasteiger partial charge on any atom is 0.351 e. The molecule has 0 amide bonds. The number of nitrogens with two attached hydrogens (primary N) is 4. The topological polar surface area (TPSA) is 678 Å². The molecule has 6 saturated heterocycles. The molecule has 8 aromatic rings. The van der Waals surface area contributed by atoms with Crippen LogP contribution in [0.2, 0.25) is 0 Å². The first-order valence-corrected chi connectivity index (χ1v) is 53.1. The van der Waals surface area contributed by atoms with Gasteiger partial charge >= 0.3 is 63.1 Å². The van der Waals surface area contributed by atoms with Gasteiger partial charge in [0.15, 0.2) is 22.6 Å². The van der Waals surface area contributed by atoms with Crippen LogP contribution in [0.25, 0.3) is 22.3 Å². The molecule has 12 unspecified atom stereocenters. The fraction of sp³-hybridized carbons (Fsp3) is 0.581. The Morgan fingerprint density at radius 1 is 0.392 bits per heavy atom. The number of hydrogen-bond donors (Lipinski definition) is 13. The molecule has 24 atom stereocenters. The first-order chi connectivity index (χ1) is 58.8. The number of H-pyrrole nitrogens is 3. The van der Waals surface area contributed by atoms with Crippen molar-refractivity contribution in [2.45, 2.75) is 190 Å². The second-order valence-corrected chi connectivity index (χ2v) is 46.1. The third-order valence-electron chi connectivity index (χ3n) is 20.7. The van der Waals surface area contributed by atoms with Gasteiger partial charge in [-0.05, 0) is 105 Å². The number of rotatable bonds is 35. The molecule has 6 fully saturated rings. The third-order valence-corrected chi connectivity index (χ3v) is 30.3. The zero-order valence-corrected chi connectivity index (χ0v) is 76.3. The summed E-state index contributed by atoms with van der Waals surface area (Å²) >= 11 is 33.1. The molecule has 17 N–H and O–H groups in total. The van der Waals surface area contributed by atoms with E-state index in [4.69, 9.17) is 176 Å². The van der Waals surface area contributed by atoms with Gasteiger partial charge in [0, 0.05) is 92.7 Å². The minimum atomic E-state index is -4.71. The van der Waals surface area contributed by atoms with E-state index in [2.05, 4.69) is 49.8 Å². The van der Waals surface area contributed by atoms with Crippen LogP contribution in [0.4, 0.5) is 23.4 Å². The lowest BCUT2D eigenvalue weighted by molar-refractivity contribution is -0.0573. The maximum atomic E-state index is 13.6. The van der Waals surface area contributed by atoms with Crippen molar-refractivity contribution < 1.29 is 112 Å². The highest BCUT2D eigenvalue weighted by Gasteiger charge is 2.50. The second kappa shape index (κ2) is 38.2. The molecule has 14 rings (SSSR count). The summed E-state index contributed by atoms with van der Waals surface area (Å²) in [5.41, 5.74) is 19.6. The van der Waals surface area contributed by atoms with Crippen LogP contribution in [0.1, 0.15) is 111 Å². The maximum absolute atomic E-state index is 13.6. The molecule has 0 radical (unpaired) electrons. The molecular weight excluding hydrogens is 1900 g/mol. The minimum absolute atomic E-state index is 0.0345. The fourth-order valence-electron chi connectivity index (χ4n) is 14.5. The van der Waals surface area contributed by atoms with Crippen LogP contribution >= 0.6 is 40.3 Å². The smallest absolute Gasteiger partial charge is 0.351 e. The predicted octanol–water partition coefficient (Wildman–Crippen LogP) is 0.613. The van der Waals surface area contributed by atoms with Crippen molar-refractivity contribution in [1.82, 2.24) is 77.2 Å². The monoisotopic (exact) mass is 1980 g/mol. The number of nitrogens with one attached hydrogen (secondary N) is 3. The molecule has 0 bridgehead atoms. The highest BCUT2D eigenvalue weighted by molar-refractivity contribution is 8.08. The van der Waals surface area contributed by atoms with E-state index >= 15 is 0 Å². The summed E-state index contributed by atoms with van der Waals surface area (Å²) < 4.78 is 116. The van der Waals surface area contributed by atoms with Gasteiger partial charge in [0.05, 0.1) is 88.4 Å². The molecule has 125 heavy (non-hydrogen) atoms. The van der Waals surface area contributed by atoms with Crippen molar-refractivity contribution >= 4 is 157 Å². The lowest BCUT2D eigenvalue weighted by atomic mass is 10.1. The van der Waals surface area contributed by atoms with E-state index in [-0.39, 0.29) is 84.2 Å². The lowest BCUT2D eigenvalue weighted by Crippen LogP contribution is -2.33. The second-order valence-electron chi connectivity index (χ2n) is 29.2. The molecule has 0 saturated carbocycles. The number of hydrogen-bond acceptors (Lipinski definition) is 42. The van der Waals surface area contributed by atoms with E-state index in [9.17, 15) is 62.9 Å². The fourth-order valence-corrected chi connectivity index (χ4v) is 22.8. The highest BCUT2D eigenvalue weighted by atomic mass is 32.5. The van der Waals surface area contributed by atoms with E-state index in [0.29, 0.717) is 28.7 Å². The lowest BCUT2D eigenvalue weighted by Gasteiger charge is -2.28. The van der Waals surface area contributed by atoms with Crippen LogP contribution in [0, 0.1) is 27.7 Å². The number of anilines is 4. The summed E-state index contributed by atoms with van der Waals surface area (Å²) in [6.07, 6.45) is -14.0. The average molecular weight is 1980 g/mol. The number of nitrogens with zero attached hydrogens (tertiary/aromatic N) is 13. The number of imidazole rings is 2. The van der Waals surface area contributed by atoms with Crippen LogP contribution < -0.4 is 62.4 Å². The SMILES string of the molecule is CC[C@H]1O[C@@H](n2cnc3c(N)ncnc32)CC1OP(O)(=S)OC[C@H]1O[C@@H](n2cc(C)c(=O)[nH]c2=O)CC1OP(O)(=S)OC[C@H]1O[C@@H](n2cc(C)c(=O)[nH]c2=O)CC1OP(O)(=S)OC[C@H]1O[C@@H](n2cc(C)c(N)nc2=O)CC1OP(O)(=S)OC[C@H]1O[C@@H](n2cnc3c(=O)[nH]c(N)nc32)CC1OP(O)(=S)OC[C@H]1O[C@@H](n2cc(C)c(N)nc2=O)CC1OP(O)(=S)OC. The van der Waals surface area contributed by atoms with Crippen molar-refractivity contribution in [3.8, 4) is 0 Å². The standard InChI is InChI=1S/C62H84N20O31P6S6/c1-7-30-31(8-46(102-30)81-24-69-48-52(65)67-23-68-53(48)81)109-115(91,121)97-19-39-34(11-44(105-39)79-16-28(4)55(83)75-61(79)88)111-117(93,123)100-21-40-35(12-45(106-40)80-17-29(5)56(84)76-62(80)89)112-116(92,122)99-20-38-33(10-43(104-38)78-15-27(3)51(64)72-60(78)87)110-118(94,124)101-22-41-36(13-47(107-41)82-25-70-49-54(82)73-58(66)74-57(49)85)113-119(95,125)98-18-37-32(108-114(90,120)96-6)9-42(103-37)77-14-26(2)50(63)71-59(77)86/h14-17,23-25,30-47H,7-13,18-22H2,1-6H3,(H,90,120)(H,91,121)(H,92,122)(H,93,123)(H,94,124)(H,95,125)(H2,63,71,86)(H2,64,72,87)(H2,65,67,68)(H,75,83,88)(H,76,84,89)(H3,66,73,74,85)/t30-,31?,32?,33?,34?,35?,36?,37-,38-,39-,40-,41-,42-,43-,44-,45-,46-,47-,114?,115?,116?,117?,118?,119?/m1/s1. The Balaban J connectivity index is 0.669. The molecule has 0 aliphatic carbocycles. The molecule has 6 aliphatic heterocycles. The minimum Gasteiger partial charge on any atom is -0.383 e. The first kappa shape index (κ1) is 95.3. The summed E-state index contributed by atoms with van der Waals surface area (Å²) in [4.78, 5) is 198. The van der Waals surface area contributed by atoms with Crippen molar-refractivity contribution in [2.75, 3.05) is 63.1 Å². The Kier molecular flexibility index (Phi) is 29.1. The molecule has 0 aromatic carbocycles. The van der Waals surface area contributed by atoms with Crippen LogP contribution in [0.5, 0.6) is 0 Å². The summed E-state index contributed by atoms with van der Waals surface area (Å²) in [7, 11) is 1.12. The normalized spacial score (nSPS) is 29.4. The van der Waals surface area contributed by atoms with E-state index < -0.39 is 223 Å². The summed E-state index contributed by atoms with van der Waals surface area (Å²) in [6.45, 7) is -22.5. The molecule has 63 heteroatoms. The van der Waals surface area contributed by atoms with Gasteiger partial charge in [0.25, 0.3) is 16.7 Å². The Hall–Kier alpha value is -5.84. The molecule has 51 nitrogen and oxygen atoms in total. The van der Waals surface area contributed by atoms with Gasteiger partial charge in [0.2, 0.25) is 5.95 Å². The van der Waals surface area contributed by atoms with Crippen molar-refractivity contribution in [3.05, 3.63) is 139 Å². The van der Waals surface area contributed by atoms with E-state index in [0.717, 1.165) is 25.4 Å². The predicted molar refractivity (Wildman–Crippen MR) is 456 cm³/mol. The van der Waals surface area contributed by atoms with Gasteiger partial charge in [-0.3, -0.25) is 56.7 Å². The van der Waals surface area contributed by atoms with Crippen molar-refractivity contribution in [3.63, 3.8) is 0 Å². The van der Waals surface area contributed by atoms with Gasteiger partial charge in [0.1, 0.15) is 91.4 Å². The third kappa shape index (κ3) is 22.3. The van der Waals surface area contributed by atoms with Crippen LogP contribution in [0.15, 0.2) is 77.3 Å². The van der Waals surface area contributed by atoms with Crippen LogP contribution in [0.3, 0.4) is 0 Å². The Bertz CT molecular complexity index is 6190. The van der Waals surface area contributed by atoms with Crippen molar-refractivity contribution in [1.29, 1.82) is 0 Å². The van der Waals surface area contributed by atoms with E-state index in [1.54, 1.807) is 18.4 Å². The first-order valence-electron chi connectivity index (χ1n) is 37.6. The Labute approximate surface area is 734 Å². The van der Waals surface area contributed by atoms with Crippen LogP contribution in [-0.2, 0) is 154 Å². The zero-order valence-electron chi connectivity index (χ0n) is 66.1. The van der Waals surface area contributed by atoms with Gasteiger partial charge in [-0.15, -0.1) is 0 Å². The molecule has 684 valence electrons.